The summed E-state index contributed by atoms with van der Waals surface area (Å²) in [7, 11) is 0. The molecule has 1 aliphatic heterocycles. The van der Waals surface area contributed by atoms with E-state index in [1.54, 1.807) is 30.3 Å². The van der Waals surface area contributed by atoms with E-state index in [0.717, 1.165) is 46.5 Å². The highest BCUT2D eigenvalue weighted by molar-refractivity contribution is 5.90. The number of fused-ring (bicyclic) bond motifs is 3. The third-order valence-corrected chi connectivity index (χ3v) is 9.73. The topological polar surface area (TPSA) is 182 Å². The summed E-state index contributed by atoms with van der Waals surface area (Å²) in [5.74, 6) is -4.60. The van der Waals surface area contributed by atoms with Gasteiger partial charge < -0.3 is 34.3 Å². The highest BCUT2D eigenvalue weighted by Gasteiger charge is 2.47. The van der Waals surface area contributed by atoms with Crippen molar-refractivity contribution in [2.45, 2.75) is 75.7 Å². The van der Waals surface area contributed by atoms with Crippen LogP contribution in [0.3, 0.4) is 0 Å². The Morgan fingerprint density at radius 3 is 2.09 bits per heavy atom. The molecule has 2 aliphatic rings. The predicted molar refractivity (Wildman–Crippen MR) is 198 cm³/mol. The number of esters is 2. The number of carbonyl (C=O) groups excluding carboxylic acids is 4. The van der Waals surface area contributed by atoms with Gasteiger partial charge in [-0.2, -0.15) is 13.2 Å². The molecule has 4 aromatic rings. The number of nitro groups is 1. The molecule has 6 rings (SSSR count). The zero-order valence-corrected chi connectivity index (χ0v) is 31.0. The Kier molecular flexibility index (Phi) is 12.7. The first-order valence-corrected chi connectivity index (χ1v) is 18.2. The first-order chi connectivity index (χ1) is 27.7. The standard InChI is InChI=1S/C41H38F3N3O11/c1-23(56-34-20-33(45-39(50)41(42,43)44)36(24(2)57-34)58-37(48)26-16-18-27(19-17-26)47(52)53)35(38(49)54-21-25-10-4-3-5-11-25)46-40(51)55-22-32-30-14-8-6-12-28(30)29-13-7-9-15-31(29)32/h3-19,23-24,32-36H,20-22H2,1-2H3,(H,45,50)(H,46,51)/t23-,24+,33-,34-,35+,36+/m1/s1. The molecule has 14 nitrogen and oxygen atoms in total. The number of amides is 2. The molecular weight excluding hydrogens is 767 g/mol. The molecule has 1 fully saturated rings. The molecule has 0 spiro atoms. The largest absolute Gasteiger partial charge is 0.471 e. The monoisotopic (exact) mass is 805 g/mol. The average Bonchev–Trinajstić information content (AvgIpc) is 3.52. The van der Waals surface area contributed by atoms with E-state index in [4.69, 9.17) is 23.7 Å². The molecule has 4 aromatic carbocycles. The molecule has 6 atom stereocenters. The van der Waals surface area contributed by atoms with Crippen molar-refractivity contribution in [2.75, 3.05) is 6.61 Å². The number of nitrogens with zero attached hydrogens (tertiary/aromatic N) is 1. The van der Waals surface area contributed by atoms with E-state index in [1.807, 2.05) is 53.8 Å². The van der Waals surface area contributed by atoms with Gasteiger partial charge in [-0.1, -0.05) is 78.9 Å². The van der Waals surface area contributed by atoms with Gasteiger partial charge in [-0.15, -0.1) is 0 Å². The number of hydrogen-bond acceptors (Lipinski definition) is 11. The van der Waals surface area contributed by atoms with Gasteiger partial charge in [0.1, 0.15) is 19.3 Å². The summed E-state index contributed by atoms with van der Waals surface area (Å²) >= 11 is 0. The Labute approximate surface area is 329 Å². The van der Waals surface area contributed by atoms with Crippen LogP contribution in [0, 0.1) is 10.1 Å². The first-order valence-electron chi connectivity index (χ1n) is 18.2. The Hall–Kier alpha value is -6.33. The minimum absolute atomic E-state index is 0.0787. The van der Waals surface area contributed by atoms with E-state index in [2.05, 4.69) is 5.32 Å². The maximum atomic E-state index is 13.6. The third kappa shape index (κ3) is 9.78. The van der Waals surface area contributed by atoms with Gasteiger partial charge in [0, 0.05) is 24.5 Å². The van der Waals surface area contributed by atoms with Crippen LogP contribution < -0.4 is 10.6 Å². The lowest BCUT2D eigenvalue weighted by molar-refractivity contribution is -0.384. The number of nitrogens with one attached hydrogen (secondary N) is 2. The summed E-state index contributed by atoms with van der Waals surface area (Å²) in [5.41, 5.74) is 4.11. The molecule has 58 heavy (non-hydrogen) atoms. The van der Waals surface area contributed by atoms with Crippen molar-refractivity contribution >= 4 is 29.6 Å². The normalized spacial score (nSPS) is 19.7. The average molecular weight is 806 g/mol. The number of halogens is 3. The van der Waals surface area contributed by atoms with E-state index in [0.29, 0.717) is 5.56 Å². The Morgan fingerprint density at radius 1 is 0.879 bits per heavy atom. The number of non-ortho nitro benzene ring substituents is 1. The van der Waals surface area contributed by atoms with Crippen molar-refractivity contribution in [3.8, 4) is 11.1 Å². The molecule has 1 heterocycles. The zero-order valence-electron chi connectivity index (χ0n) is 31.0. The van der Waals surface area contributed by atoms with Crippen LogP contribution in [0.2, 0.25) is 0 Å². The first kappa shape index (κ1) is 41.3. The van der Waals surface area contributed by atoms with Crippen LogP contribution in [0.1, 0.15) is 53.2 Å². The van der Waals surface area contributed by atoms with Gasteiger partial charge in [-0.3, -0.25) is 14.9 Å². The smallest absolute Gasteiger partial charge is 0.459 e. The quantitative estimate of drug-likeness (QED) is 0.0664. The summed E-state index contributed by atoms with van der Waals surface area (Å²) in [6.45, 7) is 2.52. The summed E-state index contributed by atoms with van der Waals surface area (Å²) < 4.78 is 68.9. The lowest BCUT2D eigenvalue weighted by Gasteiger charge is -2.41. The molecular formula is C41H38F3N3O11. The fourth-order valence-electron chi connectivity index (χ4n) is 6.88. The highest BCUT2D eigenvalue weighted by Crippen LogP contribution is 2.44. The van der Waals surface area contributed by atoms with Crippen molar-refractivity contribution in [3.63, 3.8) is 0 Å². The SMILES string of the molecule is C[C@@H]1O[C@@H](O[C@H](C)[C@H](NC(=O)OCC2c3ccccc3-c3ccccc32)C(=O)OCc2ccccc2)C[C@@H](NC(=O)C(F)(F)F)[C@H]1OC(=O)c1ccc([N+](=O)[O-])cc1. The van der Waals surface area contributed by atoms with E-state index in [9.17, 15) is 42.5 Å². The number of carbonyl (C=O) groups is 4. The molecule has 2 amide bonds. The minimum atomic E-state index is -5.31. The zero-order chi connectivity index (χ0) is 41.6. The second kappa shape index (κ2) is 17.9. The van der Waals surface area contributed by atoms with E-state index < -0.39 is 78.1 Å². The molecule has 1 saturated heterocycles. The highest BCUT2D eigenvalue weighted by atomic mass is 19.4. The second-order valence-electron chi connectivity index (χ2n) is 13.6. The van der Waals surface area contributed by atoms with Crippen molar-refractivity contribution in [3.05, 3.63) is 135 Å². The molecule has 0 aromatic heterocycles. The van der Waals surface area contributed by atoms with Gasteiger partial charge >= 0.3 is 30.1 Å². The van der Waals surface area contributed by atoms with Crippen LogP contribution in [-0.2, 0) is 39.9 Å². The van der Waals surface area contributed by atoms with E-state index in [1.165, 1.54) is 13.8 Å². The molecule has 0 saturated carbocycles. The predicted octanol–water partition coefficient (Wildman–Crippen LogP) is 6.36. The van der Waals surface area contributed by atoms with Gasteiger partial charge in [0.15, 0.2) is 12.3 Å². The third-order valence-electron chi connectivity index (χ3n) is 9.73. The van der Waals surface area contributed by atoms with Gasteiger partial charge in [-0.25, -0.2) is 14.4 Å². The van der Waals surface area contributed by atoms with Gasteiger partial charge in [-0.05, 0) is 53.8 Å². The molecule has 0 unspecified atom stereocenters. The summed E-state index contributed by atoms with van der Waals surface area (Å²) in [6.07, 6.45) is -12.2. The van der Waals surface area contributed by atoms with E-state index >= 15 is 0 Å². The number of alkyl carbamates (subject to hydrolysis) is 1. The summed E-state index contributed by atoms with van der Waals surface area (Å²) in [6, 6.07) is 25.4. The minimum Gasteiger partial charge on any atom is -0.459 e. The Morgan fingerprint density at radius 2 is 1.48 bits per heavy atom. The number of benzene rings is 4. The number of alkyl halides is 3. The summed E-state index contributed by atoms with van der Waals surface area (Å²) in [5, 5.41) is 15.4. The number of hydrogen-bond donors (Lipinski definition) is 2. The molecule has 17 heteroatoms. The lowest BCUT2D eigenvalue weighted by atomic mass is 9.98. The van der Waals surface area contributed by atoms with Crippen LogP contribution in [0.15, 0.2) is 103 Å². The van der Waals surface area contributed by atoms with Crippen LogP contribution in [0.5, 0.6) is 0 Å². The summed E-state index contributed by atoms with van der Waals surface area (Å²) in [4.78, 5) is 62.4. The number of rotatable bonds is 13. The number of nitro benzene ring substituents is 1. The second-order valence-corrected chi connectivity index (χ2v) is 13.6. The molecule has 304 valence electrons. The fourth-order valence-corrected chi connectivity index (χ4v) is 6.88. The van der Waals surface area contributed by atoms with Crippen molar-refractivity contribution in [2.24, 2.45) is 0 Å². The number of ether oxygens (including phenoxy) is 5. The maximum Gasteiger partial charge on any atom is 0.471 e. The van der Waals surface area contributed by atoms with Crippen LogP contribution >= 0.6 is 0 Å². The Bertz CT molecular complexity index is 2090. The van der Waals surface area contributed by atoms with Crippen molar-refractivity contribution in [1.29, 1.82) is 0 Å². The van der Waals surface area contributed by atoms with E-state index in [-0.39, 0.29) is 30.4 Å². The fraction of sp³-hybridized carbons (Fsp3) is 0.317. The van der Waals surface area contributed by atoms with Gasteiger partial charge in [0.2, 0.25) is 0 Å². The maximum absolute atomic E-state index is 13.6. The van der Waals surface area contributed by atoms with Crippen LogP contribution in [0.25, 0.3) is 11.1 Å². The molecule has 0 radical (unpaired) electrons. The van der Waals surface area contributed by atoms with Crippen LogP contribution in [0.4, 0.5) is 23.7 Å². The van der Waals surface area contributed by atoms with Crippen molar-refractivity contribution in [1.82, 2.24) is 10.6 Å². The Balaban J connectivity index is 1.16. The molecule has 0 bridgehead atoms. The molecule has 2 N–H and O–H groups in total. The molecule has 1 aliphatic carbocycles. The van der Waals surface area contributed by atoms with Crippen molar-refractivity contribution < 1.29 is 61.0 Å². The van der Waals surface area contributed by atoms with Crippen LogP contribution in [-0.4, -0.2) is 78.3 Å². The van der Waals surface area contributed by atoms with Gasteiger partial charge in [0.05, 0.1) is 28.7 Å². The lowest BCUT2D eigenvalue weighted by Crippen LogP contribution is -2.59. The van der Waals surface area contributed by atoms with Gasteiger partial charge in [0.25, 0.3) is 5.69 Å².